The van der Waals surface area contributed by atoms with E-state index < -0.39 is 0 Å². The number of anilines is 1. The molecule has 1 aromatic carbocycles. The Kier molecular flexibility index (Phi) is 6.86. The summed E-state index contributed by atoms with van der Waals surface area (Å²) in [6.07, 6.45) is 4.35. The summed E-state index contributed by atoms with van der Waals surface area (Å²) in [7, 11) is 1.56. The van der Waals surface area contributed by atoms with Crippen molar-refractivity contribution >= 4 is 23.0 Å². The maximum atomic E-state index is 12.4. The Labute approximate surface area is 154 Å². The molecule has 0 atom stereocenters. The molecule has 1 aromatic rings. The summed E-state index contributed by atoms with van der Waals surface area (Å²) in [5.41, 5.74) is 1.39. The largest absolute Gasteiger partial charge is 0.384 e. The van der Waals surface area contributed by atoms with E-state index in [0.29, 0.717) is 31.4 Å². The molecule has 0 bridgehead atoms. The van der Waals surface area contributed by atoms with Gasteiger partial charge in [0.25, 0.3) is 0 Å². The molecular weight excluding hydrogens is 330 g/mol. The van der Waals surface area contributed by atoms with Crippen LogP contribution in [-0.4, -0.2) is 31.1 Å². The van der Waals surface area contributed by atoms with Crippen molar-refractivity contribution < 1.29 is 19.1 Å². The van der Waals surface area contributed by atoms with Gasteiger partial charge in [-0.15, -0.1) is 0 Å². The number of nitrogens with one attached hydrogen (secondary N) is 1. The van der Waals surface area contributed by atoms with Gasteiger partial charge in [0, 0.05) is 43.8 Å². The number of ether oxygens (including phenoxy) is 1. The van der Waals surface area contributed by atoms with E-state index in [1.54, 1.807) is 31.4 Å². The molecule has 0 heterocycles. The molecule has 1 N–H and O–H groups in total. The Bertz CT molecular complexity index is 677. The highest BCUT2D eigenvalue weighted by molar-refractivity contribution is 6.22. The van der Waals surface area contributed by atoms with Gasteiger partial charge < -0.3 is 10.1 Å². The van der Waals surface area contributed by atoms with Crippen molar-refractivity contribution in [1.29, 1.82) is 0 Å². The summed E-state index contributed by atoms with van der Waals surface area (Å²) in [6.45, 7) is 4.46. The SMILES string of the molecule is CCC1(CC)CC(=O)C(=CNc2ccc(C(=O)CCOC)cc2)C(=O)C1. The van der Waals surface area contributed by atoms with Crippen molar-refractivity contribution in [3.8, 4) is 0 Å². The van der Waals surface area contributed by atoms with Crippen LogP contribution in [0.2, 0.25) is 0 Å². The third-order valence-corrected chi connectivity index (χ3v) is 5.30. The Morgan fingerprint density at radius 3 is 2.19 bits per heavy atom. The zero-order valence-electron chi connectivity index (χ0n) is 15.8. The molecule has 1 aliphatic carbocycles. The molecule has 140 valence electrons. The first-order valence-electron chi connectivity index (χ1n) is 9.10. The summed E-state index contributed by atoms with van der Waals surface area (Å²) in [4.78, 5) is 36.8. The van der Waals surface area contributed by atoms with Gasteiger partial charge in [0.1, 0.15) is 0 Å². The van der Waals surface area contributed by atoms with Gasteiger partial charge in [0.2, 0.25) is 0 Å². The lowest BCUT2D eigenvalue weighted by molar-refractivity contribution is -0.128. The van der Waals surface area contributed by atoms with Crippen LogP contribution in [0.1, 0.15) is 56.3 Å². The molecule has 5 nitrogen and oxygen atoms in total. The number of allylic oxidation sites excluding steroid dienone is 1. The third-order valence-electron chi connectivity index (χ3n) is 5.30. The second-order valence-corrected chi connectivity index (χ2v) is 6.85. The van der Waals surface area contributed by atoms with Crippen LogP contribution in [0.25, 0.3) is 0 Å². The molecule has 0 amide bonds. The average molecular weight is 357 g/mol. The minimum absolute atomic E-state index is 0.0184. The third kappa shape index (κ3) is 4.67. The van der Waals surface area contributed by atoms with Gasteiger partial charge in [-0.25, -0.2) is 0 Å². The van der Waals surface area contributed by atoms with Gasteiger partial charge >= 0.3 is 0 Å². The summed E-state index contributed by atoms with van der Waals surface area (Å²) in [5.74, 6) is -0.169. The lowest BCUT2D eigenvalue weighted by Gasteiger charge is -2.34. The van der Waals surface area contributed by atoms with Gasteiger partial charge in [-0.2, -0.15) is 0 Å². The zero-order valence-corrected chi connectivity index (χ0v) is 15.8. The maximum Gasteiger partial charge on any atom is 0.168 e. The van der Waals surface area contributed by atoms with E-state index in [2.05, 4.69) is 5.32 Å². The molecule has 0 aromatic heterocycles. The minimum atomic E-state index is -0.185. The van der Waals surface area contributed by atoms with Crippen LogP contribution in [0.5, 0.6) is 0 Å². The van der Waals surface area contributed by atoms with Crippen LogP contribution in [0, 0.1) is 5.41 Å². The van der Waals surface area contributed by atoms with Crippen molar-refractivity contribution in [3.05, 3.63) is 41.6 Å². The molecule has 1 aliphatic rings. The summed E-state index contributed by atoms with van der Waals surface area (Å²) < 4.78 is 4.91. The molecular formula is C21H27NO4. The molecule has 1 saturated carbocycles. The first kappa shape index (κ1) is 20.0. The minimum Gasteiger partial charge on any atom is -0.384 e. The number of rotatable bonds is 8. The second-order valence-electron chi connectivity index (χ2n) is 6.85. The number of carbonyl (C=O) groups is 3. The van der Waals surface area contributed by atoms with Crippen LogP contribution in [-0.2, 0) is 14.3 Å². The van der Waals surface area contributed by atoms with E-state index in [4.69, 9.17) is 4.74 Å². The van der Waals surface area contributed by atoms with Crippen molar-refractivity contribution in [2.75, 3.05) is 19.0 Å². The number of carbonyl (C=O) groups excluding carboxylic acids is 3. The first-order valence-corrected chi connectivity index (χ1v) is 9.10. The van der Waals surface area contributed by atoms with Crippen molar-refractivity contribution in [2.45, 2.75) is 46.0 Å². The predicted molar refractivity (Wildman–Crippen MR) is 101 cm³/mol. The van der Waals surface area contributed by atoms with E-state index in [0.717, 1.165) is 18.5 Å². The summed E-state index contributed by atoms with van der Waals surface area (Å²) >= 11 is 0. The second kappa shape index (κ2) is 8.90. The maximum absolute atomic E-state index is 12.4. The van der Waals surface area contributed by atoms with Crippen molar-refractivity contribution in [3.63, 3.8) is 0 Å². The van der Waals surface area contributed by atoms with Crippen molar-refractivity contribution in [2.24, 2.45) is 5.41 Å². The van der Waals surface area contributed by atoms with Gasteiger partial charge in [-0.1, -0.05) is 13.8 Å². The van der Waals surface area contributed by atoms with E-state index in [1.165, 1.54) is 6.20 Å². The van der Waals surface area contributed by atoms with Crippen LogP contribution < -0.4 is 5.32 Å². The fourth-order valence-electron chi connectivity index (χ4n) is 3.25. The quantitative estimate of drug-likeness (QED) is 0.433. The molecule has 5 heteroatoms. The molecule has 0 saturated heterocycles. The highest BCUT2D eigenvalue weighted by atomic mass is 16.5. The van der Waals surface area contributed by atoms with Gasteiger partial charge in [0.15, 0.2) is 17.3 Å². The zero-order chi connectivity index (χ0) is 19.2. The number of hydrogen-bond acceptors (Lipinski definition) is 5. The molecule has 2 rings (SSSR count). The number of hydrogen-bond donors (Lipinski definition) is 1. The number of benzene rings is 1. The predicted octanol–water partition coefficient (Wildman–Crippen LogP) is 3.94. The monoisotopic (exact) mass is 357 g/mol. The Balaban J connectivity index is 2.04. The lowest BCUT2D eigenvalue weighted by atomic mass is 9.68. The first-order chi connectivity index (χ1) is 12.4. The van der Waals surface area contributed by atoms with Crippen LogP contribution in [0.15, 0.2) is 36.0 Å². The molecule has 0 unspecified atom stereocenters. The fraction of sp³-hybridized carbons (Fsp3) is 0.476. The Hall–Kier alpha value is -2.27. The highest BCUT2D eigenvalue weighted by Gasteiger charge is 2.39. The normalized spacial score (nSPS) is 16.5. The Morgan fingerprint density at radius 2 is 1.69 bits per heavy atom. The van der Waals surface area contributed by atoms with E-state index in [9.17, 15) is 14.4 Å². The van der Waals surface area contributed by atoms with Crippen LogP contribution in [0.3, 0.4) is 0 Å². The number of Topliss-reactive ketones (excluding diaryl/α,β-unsaturated/α-hetero) is 3. The number of methoxy groups -OCH3 is 1. The standard InChI is InChI=1S/C21H27NO4/c1-4-21(5-2)12-19(24)17(20(25)13-21)14-22-16-8-6-15(7-9-16)18(23)10-11-26-3/h6-9,14,22H,4-5,10-13H2,1-3H3. The lowest BCUT2D eigenvalue weighted by Crippen LogP contribution is -2.35. The highest BCUT2D eigenvalue weighted by Crippen LogP contribution is 2.40. The molecule has 0 radical (unpaired) electrons. The van der Waals surface area contributed by atoms with Gasteiger partial charge in [0.05, 0.1) is 12.2 Å². The molecule has 0 aliphatic heterocycles. The van der Waals surface area contributed by atoms with Crippen LogP contribution >= 0.6 is 0 Å². The average Bonchev–Trinajstić information content (AvgIpc) is 2.65. The molecule has 0 spiro atoms. The molecule has 1 fully saturated rings. The van der Waals surface area contributed by atoms with E-state index >= 15 is 0 Å². The topological polar surface area (TPSA) is 72.5 Å². The number of ketones is 3. The van der Waals surface area contributed by atoms with Crippen LogP contribution in [0.4, 0.5) is 5.69 Å². The smallest absolute Gasteiger partial charge is 0.168 e. The van der Waals surface area contributed by atoms with Gasteiger partial charge in [-0.05, 0) is 42.5 Å². The van der Waals surface area contributed by atoms with E-state index in [1.807, 2.05) is 13.8 Å². The molecule has 26 heavy (non-hydrogen) atoms. The van der Waals surface area contributed by atoms with Crippen molar-refractivity contribution in [1.82, 2.24) is 0 Å². The van der Waals surface area contributed by atoms with E-state index in [-0.39, 0.29) is 28.3 Å². The fourth-order valence-corrected chi connectivity index (χ4v) is 3.25. The Morgan fingerprint density at radius 1 is 1.12 bits per heavy atom. The summed E-state index contributed by atoms with van der Waals surface area (Å²) in [5, 5.41) is 3.01. The van der Waals surface area contributed by atoms with Gasteiger partial charge in [-0.3, -0.25) is 14.4 Å². The summed E-state index contributed by atoms with van der Waals surface area (Å²) in [6, 6.07) is 6.97.